The molecule has 1 fully saturated rings. The Morgan fingerprint density at radius 3 is 2.76 bits per heavy atom. The minimum Gasteiger partial charge on any atom is -0.497 e. The van der Waals surface area contributed by atoms with Gasteiger partial charge in [0.1, 0.15) is 12.4 Å². The van der Waals surface area contributed by atoms with E-state index in [1.807, 2.05) is 23.7 Å². The number of methoxy groups -OCH3 is 1. The number of nitrogens with one attached hydrogen (secondary N) is 1. The largest absolute Gasteiger partial charge is 0.497 e. The summed E-state index contributed by atoms with van der Waals surface area (Å²) in [4.78, 5) is 23.8. The molecule has 3 heterocycles. The van der Waals surface area contributed by atoms with Gasteiger partial charge in [0.05, 0.1) is 29.2 Å². The average Bonchev–Trinajstić information content (AvgIpc) is 2.95. The van der Waals surface area contributed by atoms with Crippen LogP contribution >= 0.6 is 11.8 Å². The zero-order chi connectivity index (χ0) is 26.3. The van der Waals surface area contributed by atoms with E-state index >= 15 is 0 Å². The van der Waals surface area contributed by atoms with Crippen LogP contribution in [-0.2, 0) is 11.5 Å². The second-order valence-corrected chi connectivity index (χ2v) is 10.5. The first kappa shape index (κ1) is 27.3. The predicted octanol–water partition coefficient (Wildman–Crippen LogP) is 4.30. The number of hydrogen-bond acceptors (Lipinski definition) is 8. The van der Waals surface area contributed by atoms with E-state index < -0.39 is 24.1 Å². The third kappa shape index (κ3) is 6.38. The average molecular weight is 529 g/mol. The molecule has 1 amide bonds. The number of piperidine rings is 1. The molecule has 0 radical (unpaired) electrons. The van der Waals surface area contributed by atoms with Crippen LogP contribution in [-0.4, -0.2) is 63.6 Å². The molecule has 10 heteroatoms. The van der Waals surface area contributed by atoms with Gasteiger partial charge in [-0.15, -0.1) is 11.8 Å². The number of rotatable bonds is 11. The molecule has 2 aromatic heterocycles. The number of ether oxygens (including phenoxy) is 1. The maximum Gasteiger partial charge on any atom is 0.249 e. The van der Waals surface area contributed by atoms with Gasteiger partial charge in [-0.3, -0.25) is 15.0 Å². The van der Waals surface area contributed by atoms with Crippen molar-refractivity contribution in [3.05, 3.63) is 59.9 Å². The van der Waals surface area contributed by atoms with Gasteiger partial charge < -0.3 is 14.7 Å². The minimum absolute atomic E-state index is 0.242. The fourth-order valence-corrected chi connectivity index (χ4v) is 5.91. The Hall–Kier alpha value is -2.79. The summed E-state index contributed by atoms with van der Waals surface area (Å²) in [6, 6.07) is 11.1. The van der Waals surface area contributed by atoms with E-state index in [9.17, 15) is 19.5 Å². The summed E-state index contributed by atoms with van der Waals surface area (Å²) in [6.45, 7) is 1.51. The Labute approximate surface area is 220 Å². The lowest BCUT2D eigenvalue weighted by molar-refractivity contribution is -0.143. The third-order valence-corrected chi connectivity index (χ3v) is 8.19. The number of alkyl halides is 1. The maximum absolute atomic E-state index is 13.9. The zero-order valence-corrected chi connectivity index (χ0v) is 21.7. The van der Waals surface area contributed by atoms with E-state index in [-0.39, 0.29) is 6.42 Å². The lowest BCUT2D eigenvalue weighted by Gasteiger charge is -2.40. The number of benzene rings is 1. The summed E-state index contributed by atoms with van der Waals surface area (Å²) >= 11 is 1.69. The number of fused-ring (bicyclic) bond motifs is 1. The standard InChI is InChI=1S/C27H33FN4O4S/c1-36-20-5-6-22-21(16-20)25(19(17-28)18-30-22)23(33)7-8-27(26(34)31-35)9-12-32(13-10-27)14-15-37-24-4-2-3-11-29-24/h2-6,11,16,18,23,33,35H,7-10,12-15,17H2,1H3,(H,31,34)/t23-/m1/s1. The molecule has 1 aromatic carbocycles. The van der Waals surface area contributed by atoms with Crippen LogP contribution in [0.5, 0.6) is 5.75 Å². The number of amides is 1. The number of likely N-dealkylation sites (tertiary alicyclic amines) is 1. The zero-order valence-electron chi connectivity index (χ0n) is 20.9. The van der Waals surface area contributed by atoms with Gasteiger partial charge in [0.25, 0.3) is 0 Å². The van der Waals surface area contributed by atoms with Crippen LogP contribution in [0, 0.1) is 5.41 Å². The van der Waals surface area contributed by atoms with Crippen LogP contribution in [0.1, 0.15) is 42.9 Å². The van der Waals surface area contributed by atoms with Crippen molar-refractivity contribution in [3.63, 3.8) is 0 Å². The van der Waals surface area contributed by atoms with Crippen molar-refractivity contribution in [1.82, 2.24) is 20.3 Å². The summed E-state index contributed by atoms with van der Waals surface area (Å²) in [6.07, 6.45) is 3.94. The first-order valence-corrected chi connectivity index (χ1v) is 13.4. The quantitative estimate of drug-likeness (QED) is 0.192. The second kappa shape index (κ2) is 12.6. The topological polar surface area (TPSA) is 108 Å². The monoisotopic (exact) mass is 528 g/mol. The third-order valence-electron chi connectivity index (χ3n) is 7.26. The van der Waals surface area contributed by atoms with Gasteiger partial charge in [0, 0.05) is 35.6 Å². The Bertz CT molecular complexity index is 1190. The fraction of sp³-hybridized carbons (Fsp3) is 0.444. The molecule has 1 atom stereocenters. The van der Waals surface area contributed by atoms with Gasteiger partial charge in [-0.1, -0.05) is 6.07 Å². The van der Waals surface area contributed by atoms with Crippen LogP contribution in [0.25, 0.3) is 10.9 Å². The van der Waals surface area contributed by atoms with Crippen molar-refractivity contribution in [1.29, 1.82) is 0 Å². The summed E-state index contributed by atoms with van der Waals surface area (Å²) in [7, 11) is 1.55. The first-order valence-electron chi connectivity index (χ1n) is 12.4. The minimum atomic E-state index is -1.00. The molecular weight excluding hydrogens is 495 g/mol. The maximum atomic E-state index is 13.9. The number of halogens is 1. The number of aliphatic hydroxyl groups excluding tert-OH is 1. The molecular formula is C27H33FN4O4S. The molecule has 4 rings (SSSR count). The lowest BCUT2D eigenvalue weighted by Crippen LogP contribution is -2.48. The van der Waals surface area contributed by atoms with Gasteiger partial charge in [-0.25, -0.2) is 14.9 Å². The van der Waals surface area contributed by atoms with Crippen molar-refractivity contribution < 1.29 is 24.2 Å². The van der Waals surface area contributed by atoms with Gasteiger partial charge in [-0.05, 0) is 74.7 Å². The molecule has 37 heavy (non-hydrogen) atoms. The Morgan fingerprint density at radius 1 is 1.27 bits per heavy atom. The lowest BCUT2D eigenvalue weighted by atomic mass is 9.73. The van der Waals surface area contributed by atoms with Crippen LogP contribution in [0.3, 0.4) is 0 Å². The molecule has 198 valence electrons. The van der Waals surface area contributed by atoms with E-state index in [0.29, 0.717) is 60.1 Å². The molecule has 0 spiro atoms. The van der Waals surface area contributed by atoms with Crippen LogP contribution in [0.4, 0.5) is 4.39 Å². The molecule has 0 aliphatic carbocycles. The molecule has 1 aliphatic rings. The summed E-state index contributed by atoms with van der Waals surface area (Å²) in [5.41, 5.74) is 2.45. The number of aliphatic hydroxyl groups is 1. The van der Waals surface area contributed by atoms with E-state index in [1.54, 1.807) is 43.3 Å². The highest BCUT2D eigenvalue weighted by molar-refractivity contribution is 7.99. The molecule has 8 nitrogen and oxygen atoms in total. The van der Waals surface area contributed by atoms with Gasteiger partial charge in [-0.2, -0.15) is 0 Å². The highest BCUT2D eigenvalue weighted by atomic mass is 32.2. The molecule has 1 aliphatic heterocycles. The number of carbonyl (C=O) groups is 1. The number of aromatic nitrogens is 2. The first-order chi connectivity index (χ1) is 18.0. The molecule has 3 aromatic rings. The van der Waals surface area contributed by atoms with E-state index in [0.717, 1.165) is 17.3 Å². The summed E-state index contributed by atoms with van der Waals surface area (Å²) in [5, 5.41) is 22.3. The number of hydroxylamine groups is 1. The van der Waals surface area contributed by atoms with Crippen LogP contribution < -0.4 is 10.2 Å². The highest BCUT2D eigenvalue weighted by Gasteiger charge is 2.41. The second-order valence-electron chi connectivity index (χ2n) is 9.35. The Balaban J connectivity index is 1.43. The van der Waals surface area contributed by atoms with E-state index in [4.69, 9.17) is 4.74 Å². The Morgan fingerprint density at radius 2 is 2.08 bits per heavy atom. The van der Waals surface area contributed by atoms with Gasteiger partial charge >= 0.3 is 0 Å². The van der Waals surface area contributed by atoms with Gasteiger partial charge in [0.15, 0.2) is 0 Å². The normalized spacial score (nSPS) is 16.4. The Kier molecular flexibility index (Phi) is 9.31. The van der Waals surface area contributed by atoms with Crippen LogP contribution in [0.15, 0.2) is 53.8 Å². The molecule has 1 saturated heterocycles. The van der Waals surface area contributed by atoms with Gasteiger partial charge in [0.2, 0.25) is 5.91 Å². The fourth-order valence-electron chi connectivity index (χ4n) is 5.04. The number of nitrogens with zero attached hydrogens (tertiary/aromatic N) is 3. The number of thioether (sulfide) groups is 1. The smallest absolute Gasteiger partial charge is 0.249 e. The van der Waals surface area contributed by atoms with Crippen molar-refractivity contribution in [2.45, 2.75) is 43.5 Å². The SMILES string of the molecule is COc1ccc2ncc(CF)c([C@H](O)CCC3(C(=O)NO)CCN(CCSc4ccccn4)CC3)c2c1. The highest BCUT2D eigenvalue weighted by Crippen LogP contribution is 2.40. The summed E-state index contributed by atoms with van der Waals surface area (Å²) < 4.78 is 19.2. The number of carbonyl (C=O) groups excluding carboxylic acids is 1. The van der Waals surface area contributed by atoms with Crippen LogP contribution in [0.2, 0.25) is 0 Å². The number of pyridine rings is 2. The van der Waals surface area contributed by atoms with E-state index in [1.165, 1.54) is 6.20 Å². The van der Waals surface area contributed by atoms with Crippen molar-refractivity contribution in [2.24, 2.45) is 5.41 Å². The molecule has 0 unspecified atom stereocenters. The molecule has 0 saturated carbocycles. The predicted molar refractivity (Wildman–Crippen MR) is 140 cm³/mol. The van der Waals surface area contributed by atoms with Crippen molar-refractivity contribution >= 4 is 28.6 Å². The molecule has 3 N–H and O–H groups in total. The van der Waals surface area contributed by atoms with Crippen molar-refractivity contribution in [2.75, 3.05) is 32.5 Å². The number of hydrogen-bond donors (Lipinski definition) is 3. The molecule has 0 bridgehead atoms. The van der Waals surface area contributed by atoms with E-state index in [2.05, 4.69) is 14.9 Å². The summed E-state index contributed by atoms with van der Waals surface area (Å²) in [5.74, 6) is 1.04. The van der Waals surface area contributed by atoms with Crippen molar-refractivity contribution in [3.8, 4) is 5.75 Å².